The van der Waals surface area contributed by atoms with Gasteiger partial charge >= 0.3 is 0 Å². The van der Waals surface area contributed by atoms with Crippen molar-refractivity contribution in [2.75, 3.05) is 0 Å². The van der Waals surface area contributed by atoms with Gasteiger partial charge in [-0.05, 0) is 52.3 Å². The van der Waals surface area contributed by atoms with Crippen molar-refractivity contribution in [2.45, 2.75) is 44.9 Å². The molecule has 138 valence electrons. The summed E-state index contributed by atoms with van der Waals surface area (Å²) in [5, 5.41) is 10.6. The molecule has 0 bridgehead atoms. The summed E-state index contributed by atoms with van der Waals surface area (Å²) in [4.78, 5) is 11.6. The SMILES string of the molecule is Cc1ccc(-c2nnc([C@H](C)Sc3nc(C)nc4sc(C)c(C)c34)o2)cc1. The Balaban J connectivity index is 1.64. The highest BCUT2D eigenvalue weighted by atomic mass is 32.2. The molecular weight excluding hydrogens is 376 g/mol. The second-order valence-electron chi connectivity index (χ2n) is 6.61. The summed E-state index contributed by atoms with van der Waals surface area (Å²) in [7, 11) is 0. The summed E-state index contributed by atoms with van der Waals surface area (Å²) in [6, 6.07) is 8.08. The zero-order valence-electron chi connectivity index (χ0n) is 15.9. The smallest absolute Gasteiger partial charge is 0.247 e. The molecule has 0 fully saturated rings. The molecule has 4 rings (SSSR count). The van der Waals surface area contributed by atoms with Crippen LogP contribution < -0.4 is 0 Å². The van der Waals surface area contributed by atoms with E-state index in [9.17, 15) is 0 Å². The largest absolute Gasteiger partial charge is 0.419 e. The van der Waals surface area contributed by atoms with Crippen LogP contribution in [0.3, 0.4) is 0 Å². The Hall–Kier alpha value is -2.25. The van der Waals surface area contributed by atoms with Gasteiger partial charge in [-0.2, -0.15) is 0 Å². The minimum Gasteiger partial charge on any atom is -0.419 e. The monoisotopic (exact) mass is 396 g/mol. The van der Waals surface area contributed by atoms with Crippen LogP contribution >= 0.6 is 23.1 Å². The molecule has 0 amide bonds. The molecular formula is C20H20N4OS2. The molecule has 4 aromatic rings. The molecule has 0 aliphatic carbocycles. The average molecular weight is 397 g/mol. The second-order valence-corrected chi connectivity index (χ2v) is 9.14. The lowest BCUT2D eigenvalue weighted by atomic mass is 10.1. The molecule has 3 aromatic heterocycles. The van der Waals surface area contributed by atoms with E-state index in [2.05, 4.69) is 47.9 Å². The van der Waals surface area contributed by atoms with E-state index in [-0.39, 0.29) is 5.25 Å². The first kappa shape index (κ1) is 18.1. The summed E-state index contributed by atoms with van der Waals surface area (Å²) >= 11 is 3.35. The fraction of sp³-hybridized carbons (Fsp3) is 0.300. The molecule has 3 heterocycles. The molecule has 0 radical (unpaired) electrons. The topological polar surface area (TPSA) is 64.7 Å². The Kier molecular flexibility index (Phi) is 4.74. The standard InChI is InChI=1S/C20H20N4OS2/c1-10-6-8-15(9-7-10)18-24-23-17(25-18)13(4)27-20-16-11(2)12(3)26-19(16)21-14(5)22-20/h6-9,13H,1-5H3/t13-/m0/s1. The molecule has 0 spiro atoms. The molecule has 1 atom stereocenters. The fourth-order valence-corrected chi connectivity index (χ4v) is 5.05. The van der Waals surface area contributed by atoms with Crippen molar-refractivity contribution in [3.8, 4) is 11.5 Å². The quantitative estimate of drug-likeness (QED) is 0.319. The molecule has 0 saturated carbocycles. The minimum absolute atomic E-state index is 0.00574. The number of fused-ring (bicyclic) bond motifs is 1. The highest BCUT2D eigenvalue weighted by molar-refractivity contribution is 7.99. The number of thiophene rings is 1. The third-order valence-electron chi connectivity index (χ3n) is 4.48. The van der Waals surface area contributed by atoms with E-state index in [0.29, 0.717) is 11.8 Å². The van der Waals surface area contributed by atoms with Crippen molar-refractivity contribution in [1.82, 2.24) is 20.2 Å². The van der Waals surface area contributed by atoms with Crippen LogP contribution in [0.2, 0.25) is 0 Å². The maximum atomic E-state index is 5.94. The first-order valence-electron chi connectivity index (χ1n) is 8.74. The molecule has 0 saturated heterocycles. The lowest BCUT2D eigenvalue weighted by Crippen LogP contribution is -1.95. The Morgan fingerprint density at radius 2 is 1.74 bits per heavy atom. The second kappa shape index (κ2) is 7.05. The van der Waals surface area contributed by atoms with Crippen molar-refractivity contribution in [2.24, 2.45) is 0 Å². The van der Waals surface area contributed by atoms with Crippen molar-refractivity contribution in [1.29, 1.82) is 0 Å². The summed E-state index contributed by atoms with van der Waals surface area (Å²) in [5.74, 6) is 1.93. The van der Waals surface area contributed by atoms with Crippen LogP contribution in [0.4, 0.5) is 0 Å². The molecule has 0 aliphatic rings. The van der Waals surface area contributed by atoms with Crippen LogP contribution in [-0.2, 0) is 0 Å². The zero-order chi connectivity index (χ0) is 19.1. The first-order chi connectivity index (χ1) is 12.9. The first-order valence-corrected chi connectivity index (χ1v) is 10.4. The van der Waals surface area contributed by atoms with E-state index in [0.717, 1.165) is 26.6 Å². The van der Waals surface area contributed by atoms with Gasteiger partial charge in [-0.25, -0.2) is 9.97 Å². The van der Waals surface area contributed by atoms with Gasteiger partial charge in [0.25, 0.3) is 0 Å². The van der Waals surface area contributed by atoms with E-state index in [1.807, 2.05) is 31.2 Å². The van der Waals surface area contributed by atoms with Gasteiger partial charge in [0.05, 0.1) is 5.25 Å². The number of aryl methyl sites for hydroxylation is 4. The maximum absolute atomic E-state index is 5.94. The van der Waals surface area contributed by atoms with Crippen LogP contribution in [0.15, 0.2) is 33.7 Å². The van der Waals surface area contributed by atoms with Crippen molar-refractivity contribution in [3.05, 3.63) is 52.0 Å². The van der Waals surface area contributed by atoms with Gasteiger partial charge in [0.2, 0.25) is 11.8 Å². The average Bonchev–Trinajstić information content (AvgIpc) is 3.21. The number of nitrogens with zero attached hydrogens (tertiary/aromatic N) is 4. The number of hydrogen-bond acceptors (Lipinski definition) is 7. The molecule has 0 aliphatic heterocycles. The van der Waals surface area contributed by atoms with Crippen LogP contribution in [0.25, 0.3) is 21.7 Å². The Morgan fingerprint density at radius 1 is 1.00 bits per heavy atom. The molecule has 7 heteroatoms. The van der Waals surface area contributed by atoms with E-state index in [1.54, 1.807) is 23.1 Å². The summed E-state index contributed by atoms with van der Waals surface area (Å²) in [6.07, 6.45) is 0. The third kappa shape index (κ3) is 3.49. The van der Waals surface area contributed by atoms with E-state index in [4.69, 9.17) is 4.42 Å². The van der Waals surface area contributed by atoms with Gasteiger partial charge in [-0.15, -0.1) is 21.5 Å². The maximum Gasteiger partial charge on any atom is 0.247 e. The lowest BCUT2D eigenvalue weighted by Gasteiger charge is -2.08. The Labute approximate surface area is 166 Å². The highest BCUT2D eigenvalue weighted by Crippen LogP contribution is 2.41. The van der Waals surface area contributed by atoms with Gasteiger partial charge < -0.3 is 4.42 Å². The van der Waals surface area contributed by atoms with Crippen LogP contribution in [-0.4, -0.2) is 20.2 Å². The van der Waals surface area contributed by atoms with Gasteiger partial charge in [0, 0.05) is 15.8 Å². The predicted octanol–water partition coefficient (Wildman–Crippen LogP) is 5.83. The normalized spacial score (nSPS) is 12.6. The number of aromatic nitrogens is 4. The fourth-order valence-electron chi connectivity index (χ4n) is 2.83. The van der Waals surface area contributed by atoms with E-state index in [1.165, 1.54) is 16.0 Å². The van der Waals surface area contributed by atoms with E-state index < -0.39 is 0 Å². The highest BCUT2D eigenvalue weighted by Gasteiger charge is 2.21. The van der Waals surface area contributed by atoms with Crippen LogP contribution in [0, 0.1) is 27.7 Å². The van der Waals surface area contributed by atoms with Crippen LogP contribution in [0.5, 0.6) is 0 Å². The number of hydrogen-bond donors (Lipinski definition) is 0. The summed E-state index contributed by atoms with van der Waals surface area (Å²) in [6.45, 7) is 10.3. The van der Waals surface area contributed by atoms with Gasteiger partial charge in [-0.1, -0.05) is 29.5 Å². The molecule has 1 aromatic carbocycles. The van der Waals surface area contributed by atoms with Crippen molar-refractivity contribution >= 4 is 33.3 Å². The van der Waals surface area contributed by atoms with Gasteiger partial charge in [0.1, 0.15) is 15.7 Å². The number of thioether (sulfide) groups is 1. The molecule has 27 heavy (non-hydrogen) atoms. The molecule has 0 unspecified atom stereocenters. The Bertz CT molecular complexity index is 1120. The Morgan fingerprint density at radius 3 is 2.48 bits per heavy atom. The molecule has 0 N–H and O–H groups in total. The predicted molar refractivity (Wildman–Crippen MR) is 110 cm³/mol. The lowest BCUT2D eigenvalue weighted by molar-refractivity contribution is 0.509. The van der Waals surface area contributed by atoms with Crippen molar-refractivity contribution < 1.29 is 4.42 Å². The van der Waals surface area contributed by atoms with Gasteiger partial charge in [-0.3, -0.25) is 0 Å². The van der Waals surface area contributed by atoms with Gasteiger partial charge in [0.15, 0.2) is 0 Å². The zero-order valence-corrected chi connectivity index (χ0v) is 17.5. The van der Waals surface area contributed by atoms with Crippen molar-refractivity contribution in [3.63, 3.8) is 0 Å². The summed E-state index contributed by atoms with van der Waals surface area (Å²) < 4.78 is 5.94. The molecule has 5 nitrogen and oxygen atoms in total. The number of benzene rings is 1. The minimum atomic E-state index is -0.00574. The van der Waals surface area contributed by atoms with E-state index >= 15 is 0 Å². The summed E-state index contributed by atoms with van der Waals surface area (Å²) in [5.41, 5.74) is 3.38. The van der Waals surface area contributed by atoms with Crippen LogP contribution in [0.1, 0.15) is 39.9 Å². The third-order valence-corrected chi connectivity index (χ3v) is 6.66. The number of rotatable bonds is 4.